The lowest BCUT2D eigenvalue weighted by atomic mass is 10.1. The van der Waals surface area contributed by atoms with Gasteiger partial charge < -0.3 is 19.3 Å². The van der Waals surface area contributed by atoms with Crippen molar-refractivity contribution in [3.63, 3.8) is 0 Å². The van der Waals surface area contributed by atoms with Crippen molar-refractivity contribution in [2.45, 2.75) is 6.42 Å². The molecule has 7 heteroatoms. The van der Waals surface area contributed by atoms with Crippen molar-refractivity contribution >= 4 is 17.5 Å². The standard InChI is InChI=1S/C29H31N3O4/c33-28(32-15-14-23-8-4-6-12-26(23)32)22-30-16-18-31(19-17-30)29(34)25-11-5-7-13-27(25)36-21-20-35-24-9-2-1-3-10-24/h1-13H,14-22H2. The van der Waals surface area contributed by atoms with Crippen molar-refractivity contribution in [3.05, 3.63) is 90.0 Å². The Kier molecular flexibility index (Phi) is 7.47. The van der Waals surface area contributed by atoms with E-state index in [2.05, 4.69) is 11.0 Å². The number of fused-ring (bicyclic) bond motifs is 1. The van der Waals surface area contributed by atoms with E-state index >= 15 is 0 Å². The second kappa shape index (κ2) is 11.3. The highest BCUT2D eigenvalue weighted by atomic mass is 16.5. The van der Waals surface area contributed by atoms with Crippen LogP contribution in [0.4, 0.5) is 5.69 Å². The Balaban J connectivity index is 1.11. The number of benzene rings is 3. The van der Waals surface area contributed by atoms with E-state index < -0.39 is 0 Å². The summed E-state index contributed by atoms with van der Waals surface area (Å²) < 4.78 is 11.6. The molecule has 5 rings (SSSR count). The number of rotatable bonds is 8. The molecule has 2 heterocycles. The maximum atomic E-state index is 13.3. The summed E-state index contributed by atoms with van der Waals surface area (Å²) in [6, 6.07) is 25.0. The minimum absolute atomic E-state index is 0.0472. The van der Waals surface area contributed by atoms with Gasteiger partial charge in [0.2, 0.25) is 5.91 Å². The molecular formula is C29H31N3O4. The Bertz CT molecular complexity index is 1190. The molecule has 3 aromatic rings. The van der Waals surface area contributed by atoms with Gasteiger partial charge in [0.1, 0.15) is 24.7 Å². The van der Waals surface area contributed by atoms with Gasteiger partial charge in [-0.15, -0.1) is 0 Å². The number of anilines is 1. The van der Waals surface area contributed by atoms with E-state index in [-0.39, 0.29) is 11.8 Å². The van der Waals surface area contributed by atoms with E-state index in [1.165, 1.54) is 5.56 Å². The van der Waals surface area contributed by atoms with Crippen molar-refractivity contribution in [1.29, 1.82) is 0 Å². The van der Waals surface area contributed by atoms with Gasteiger partial charge in [-0.05, 0) is 42.3 Å². The smallest absolute Gasteiger partial charge is 0.257 e. The van der Waals surface area contributed by atoms with Gasteiger partial charge in [0.25, 0.3) is 5.91 Å². The molecule has 1 saturated heterocycles. The Morgan fingerprint density at radius 3 is 2.25 bits per heavy atom. The van der Waals surface area contributed by atoms with Crippen LogP contribution >= 0.6 is 0 Å². The molecule has 1 fully saturated rings. The van der Waals surface area contributed by atoms with E-state index in [1.54, 1.807) is 6.07 Å². The zero-order valence-electron chi connectivity index (χ0n) is 20.3. The summed E-state index contributed by atoms with van der Waals surface area (Å²) in [6.07, 6.45) is 0.907. The van der Waals surface area contributed by atoms with Crippen LogP contribution in [0, 0.1) is 0 Å². The first-order chi connectivity index (χ1) is 17.7. The first-order valence-corrected chi connectivity index (χ1v) is 12.5. The second-order valence-corrected chi connectivity index (χ2v) is 9.00. The van der Waals surface area contributed by atoms with Crippen LogP contribution in [0.5, 0.6) is 11.5 Å². The molecule has 0 saturated carbocycles. The fourth-order valence-corrected chi connectivity index (χ4v) is 4.75. The summed E-state index contributed by atoms with van der Waals surface area (Å²) in [4.78, 5) is 32.1. The number of hydrogen-bond acceptors (Lipinski definition) is 5. The van der Waals surface area contributed by atoms with E-state index in [0.717, 1.165) is 24.4 Å². The topological polar surface area (TPSA) is 62.3 Å². The number of carbonyl (C=O) groups excluding carboxylic acids is 2. The number of amides is 2. The first-order valence-electron chi connectivity index (χ1n) is 12.5. The average Bonchev–Trinajstić information content (AvgIpc) is 3.36. The van der Waals surface area contributed by atoms with Crippen LogP contribution in [-0.4, -0.2) is 74.1 Å². The first kappa shape index (κ1) is 23.9. The van der Waals surface area contributed by atoms with Gasteiger partial charge >= 0.3 is 0 Å². The second-order valence-electron chi connectivity index (χ2n) is 9.00. The molecule has 0 atom stereocenters. The third kappa shape index (κ3) is 5.52. The number of nitrogens with zero attached hydrogens (tertiary/aromatic N) is 3. The van der Waals surface area contributed by atoms with Crippen LogP contribution in [-0.2, 0) is 11.2 Å². The van der Waals surface area contributed by atoms with E-state index in [4.69, 9.17) is 9.47 Å². The molecule has 2 aliphatic heterocycles. The van der Waals surface area contributed by atoms with Gasteiger partial charge in [-0.1, -0.05) is 48.5 Å². The molecule has 3 aromatic carbocycles. The lowest BCUT2D eigenvalue weighted by Crippen LogP contribution is -2.51. The summed E-state index contributed by atoms with van der Waals surface area (Å²) in [6.45, 7) is 4.33. The van der Waals surface area contributed by atoms with Crippen LogP contribution in [0.1, 0.15) is 15.9 Å². The maximum Gasteiger partial charge on any atom is 0.257 e. The summed E-state index contributed by atoms with van der Waals surface area (Å²) in [7, 11) is 0. The molecule has 0 bridgehead atoms. The van der Waals surface area contributed by atoms with Crippen LogP contribution in [0.3, 0.4) is 0 Å². The minimum atomic E-state index is -0.0472. The highest BCUT2D eigenvalue weighted by molar-refractivity contribution is 5.97. The van der Waals surface area contributed by atoms with Gasteiger partial charge in [0.15, 0.2) is 0 Å². The van der Waals surface area contributed by atoms with E-state index in [9.17, 15) is 9.59 Å². The normalized spacial score (nSPS) is 15.4. The fraction of sp³-hybridized carbons (Fsp3) is 0.310. The molecule has 0 spiro atoms. The number of piperazine rings is 1. The number of carbonyl (C=O) groups is 2. The van der Waals surface area contributed by atoms with Crippen molar-refractivity contribution in [2.24, 2.45) is 0 Å². The van der Waals surface area contributed by atoms with Crippen molar-refractivity contribution in [1.82, 2.24) is 9.80 Å². The van der Waals surface area contributed by atoms with Crippen molar-refractivity contribution < 1.29 is 19.1 Å². The Morgan fingerprint density at radius 1 is 0.722 bits per heavy atom. The summed E-state index contributed by atoms with van der Waals surface area (Å²) in [5, 5.41) is 0. The van der Waals surface area contributed by atoms with Gasteiger partial charge in [-0.25, -0.2) is 0 Å². The summed E-state index contributed by atoms with van der Waals surface area (Å²) >= 11 is 0. The SMILES string of the molecule is O=C(c1ccccc1OCCOc1ccccc1)N1CCN(CC(=O)N2CCc3ccccc32)CC1. The Morgan fingerprint density at radius 2 is 1.42 bits per heavy atom. The highest BCUT2D eigenvalue weighted by Gasteiger charge is 2.28. The third-order valence-electron chi connectivity index (χ3n) is 6.68. The molecule has 0 aliphatic carbocycles. The van der Waals surface area contributed by atoms with E-state index in [0.29, 0.717) is 57.3 Å². The molecule has 2 amide bonds. The number of hydrogen-bond donors (Lipinski definition) is 0. The Hall–Kier alpha value is -3.84. The quantitative estimate of drug-likeness (QED) is 0.457. The molecule has 36 heavy (non-hydrogen) atoms. The van der Waals surface area contributed by atoms with Crippen LogP contribution in [0.2, 0.25) is 0 Å². The predicted octanol–water partition coefficient (Wildman–Crippen LogP) is 3.49. The molecule has 7 nitrogen and oxygen atoms in total. The zero-order valence-corrected chi connectivity index (χ0v) is 20.3. The number of ether oxygens (including phenoxy) is 2. The predicted molar refractivity (Wildman–Crippen MR) is 139 cm³/mol. The van der Waals surface area contributed by atoms with Gasteiger partial charge in [-0.3, -0.25) is 14.5 Å². The molecule has 2 aliphatic rings. The average molecular weight is 486 g/mol. The van der Waals surface area contributed by atoms with Gasteiger partial charge in [0.05, 0.1) is 12.1 Å². The monoisotopic (exact) mass is 485 g/mol. The molecule has 0 N–H and O–H groups in total. The lowest BCUT2D eigenvalue weighted by molar-refractivity contribution is -0.120. The lowest BCUT2D eigenvalue weighted by Gasteiger charge is -2.35. The maximum absolute atomic E-state index is 13.3. The molecular weight excluding hydrogens is 454 g/mol. The van der Waals surface area contributed by atoms with E-state index in [1.807, 2.05) is 76.5 Å². The van der Waals surface area contributed by atoms with Crippen LogP contribution in [0.25, 0.3) is 0 Å². The van der Waals surface area contributed by atoms with Gasteiger partial charge in [-0.2, -0.15) is 0 Å². The molecule has 0 radical (unpaired) electrons. The molecule has 0 aromatic heterocycles. The van der Waals surface area contributed by atoms with Crippen LogP contribution < -0.4 is 14.4 Å². The summed E-state index contributed by atoms with van der Waals surface area (Å²) in [5.74, 6) is 1.42. The fourth-order valence-electron chi connectivity index (χ4n) is 4.75. The molecule has 0 unspecified atom stereocenters. The van der Waals surface area contributed by atoms with Crippen molar-refractivity contribution in [2.75, 3.05) is 57.4 Å². The molecule has 186 valence electrons. The van der Waals surface area contributed by atoms with Crippen molar-refractivity contribution in [3.8, 4) is 11.5 Å². The third-order valence-corrected chi connectivity index (χ3v) is 6.68. The van der Waals surface area contributed by atoms with Gasteiger partial charge in [0, 0.05) is 38.4 Å². The summed E-state index contributed by atoms with van der Waals surface area (Å²) in [5.41, 5.74) is 2.81. The number of para-hydroxylation sites is 3. The highest BCUT2D eigenvalue weighted by Crippen LogP contribution is 2.27. The Labute approximate surface area is 211 Å². The van der Waals surface area contributed by atoms with Crippen LogP contribution in [0.15, 0.2) is 78.9 Å². The largest absolute Gasteiger partial charge is 0.490 e. The minimum Gasteiger partial charge on any atom is -0.490 e. The zero-order chi connectivity index (χ0) is 24.7.